The Morgan fingerprint density at radius 2 is 1.81 bits per heavy atom. The third-order valence-corrected chi connectivity index (χ3v) is 4.67. The Hall–Kier alpha value is -2.60. The zero-order valence-electron chi connectivity index (χ0n) is 15.5. The highest BCUT2D eigenvalue weighted by molar-refractivity contribution is 6.32. The molecule has 2 aromatic rings. The number of methoxy groups -OCH3 is 2. The molecule has 1 aliphatic heterocycles. The number of benzene rings is 2. The van der Waals surface area contributed by atoms with Crippen LogP contribution in [-0.4, -0.2) is 33.3 Å². The molecule has 0 aromatic heterocycles. The van der Waals surface area contributed by atoms with Crippen LogP contribution in [0.2, 0.25) is 5.02 Å². The van der Waals surface area contributed by atoms with Gasteiger partial charge in [-0.1, -0.05) is 24.6 Å². The second-order valence-electron chi connectivity index (χ2n) is 6.24. The summed E-state index contributed by atoms with van der Waals surface area (Å²) in [6.07, 6.45) is 0.299. The molecular weight excluding hydrogens is 370 g/mol. The van der Waals surface area contributed by atoms with Gasteiger partial charge in [0.05, 0.1) is 24.9 Å². The van der Waals surface area contributed by atoms with E-state index in [0.717, 1.165) is 17.1 Å². The fourth-order valence-electron chi connectivity index (χ4n) is 2.92. The van der Waals surface area contributed by atoms with E-state index >= 15 is 0 Å². The third kappa shape index (κ3) is 4.39. The minimum Gasteiger partial charge on any atom is -0.495 e. The van der Waals surface area contributed by atoms with Crippen molar-refractivity contribution in [3.63, 3.8) is 0 Å². The van der Waals surface area contributed by atoms with Gasteiger partial charge in [0, 0.05) is 18.6 Å². The molecule has 2 aromatic carbocycles. The van der Waals surface area contributed by atoms with Crippen LogP contribution in [0.5, 0.6) is 23.0 Å². The summed E-state index contributed by atoms with van der Waals surface area (Å²) in [6.45, 7) is 3.07. The summed E-state index contributed by atoms with van der Waals surface area (Å²) in [7, 11) is 3.04. The molecule has 7 heteroatoms. The van der Waals surface area contributed by atoms with Gasteiger partial charge in [-0.3, -0.25) is 4.79 Å². The summed E-state index contributed by atoms with van der Waals surface area (Å²) in [5.41, 5.74) is 1.52. The Kier molecular flexibility index (Phi) is 5.96. The Morgan fingerprint density at radius 3 is 2.52 bits per heavy atom. The fourth-order valence-corrected chi connectivity index (χ4v) is 3.15. The number of nitrogens with one attached hydrogen (secondary N) is 1. The summed E-state index contributed by atoms with van der Waals surface area (Å²) in [5.74, 6) is 2.25. The van der Waals surface area contributed by atoms with Crippen LogP contribution in [0.4, 0.5) is 5.69 Å². The van der Waals surface area contributed by atoms with Gasteiger partial charge in [-0.05, 0) is 23.6 Å². The average Bonchev–Trinajstić information content (AvgIpc) is 2.68. The minimum absolute atomic E-state index is 0.000942. The van der Waals surface area contributed by atoms with Crippen LogP contribution >= 0.6 is 11.6 Å². The summed E-state index contributed by atoms with van der Waals surface area (Å²) in [4.78, 5) is 12.5. The predicted molar refractivity (Wildman–Crippen MR) is 104 cm³/mol. The molecule has 0 fully saturated rings. The van der Waals surface area contributed by atoms with Gasteiger partial charge in [0.25, 0.3) is 0 Å². The molecule has 6 nitrogen and oxygen atoms in total. The highest BCUT2D eigenvalue weighted by atomic mass is 35.5. The van der Waals surface area contributed by atoms with E-state index in [-0.39, 0.29) is 11.8 Å². The van der Waals surface area contributed by atoms with Crippen LogP contribution < -0.4 is 24.3 Å². The van der Waals surface area contributed by atoms with Crippen molar-refractivity contribution in [2.75, 3.05) is 32.8 Å². The smallest absolute Gasteiger partial charge is 0.225 e. The molecular formula is C20H22ClNO5. The maximum absolute atomic E-state index is 12.5. The van der Waals surface area contributed by atoms with Crippen molar-refractivity contribution in [2.24, 2.45) is 0 Å². The number of amides is 1. The van der Waals surface area contributed by atoms with Gasteiger partial charge in [0.15, 0.2) is 11.5 Å². The second-order valence-corrected chi connectivity index (χ2v) is 6.65. The number of anilines is 1. The Labute approximate surface area is 163 Å². The van der Waals surface area contributed by atoms with Crippen LogP contribution in [0.15, 0.2) is 30.3 Å². The average molecular weight is 392 g/mol. The quantitative estimate of drug-likeness (QED) is 0.796. The molecule has 1 aliphatic rings. The van der Waals surface area contributed by atoms with Crippen molar-refractivity contribution in [1.29, 1.82) is 0 Å². The summed E-state index contributed by atoms with van der Waals surface area (Å²) in [5, 5.41) is 3.28. The first kappa shape index (κ1) is 19.2. The lowest BCUT2D eigenvalue weighted by atomic mass is 9.97. The van der Waals surface area contributed by atoms with Crippen LogP contribution in [0.1, 0.15) is 24.8 Å². The number of ether oxygens (including phenoxy) is 4. The molecule has 0 aliphatic carbocycles. The van der Waals surface area contributed by atoms with E-state index in [1.807, 2.05) is 25.1 Å². The van der Waals surface area contributed by atoms with E-state index in [1.165, 1.54) is 14.2 Å². The summed E-state index contributed by atoms with van der Waals surface area (Å²) in [6, 6.07) is 9.02. The van der Waals surface area contributed by atoms with Crippen LogP contribution in [0.3, 0.4) is 0 Å². The first-order valence-corrected chi connectivity index (χ1v) is 9.00. The molecule has 3 rings (SSSR count). The van der Waals surface area contributed by atoms with E-state index in [9.17, 15) is 4.79 Å². The summed E-state index contributed by atoms with van der Waals surface area (Å²) < 4.78 is 21.6. The van der Waals surface area contributed by atoms with Gasteiger partial charge in [-0.25, -0.2) is 0 Å². The number of carbonyl (C=O) groups is 1. The number of carbonyl (C=O) groups excluding carboxylic acids is 1. The fraction of sp³-hybridized carbons (Fsp3) is 0.350. The van der Waals surface area contributed by atoms with Gasteiger partial charge < -0.3 is 24.3 Å². The molecule has 1 amide bonds. The zero-order chi connectivity index (χ0) is 19.4. The number of rotatable bonds is 6. The van der Waals surface area contributed by atoms with E-state index in [0.29, 0.717) is 41.8 Å². The van der Waals surface area contributed by atoms with E-state index in [1.54, 1.807) is 12.1 Å². The molecule has 1 unspecified atom stereocenters. The monoisotopic (exact) mass is 391 g/mol. The van der Waals surface area contributed by atoms with Crippen molar-refractivity contribution in [3.8, 4) is 23.0 Å². The zero-order valence-corrected chi connectivity index (χ0v) is 16.3. The van der Waals surface area contributed by atoms with Gasteiger partial charge in [0.2, 0.25) is 5.91 Å². The Bertz CT molecular complexity index is 839. The highest BCUT2D eigenvalue weighted by Gasteiger charge is 2.18. The molecule has 0 spiro atoms. The molecule has 1 atom stereocenters. The van der Waals surface area contributed by atoms with Crippen molar-refractivity contribution >= 4 is 23.2 Å². The molecule has 1 N–H and O–H groups in total. The minimum atomic E-state index is -0.139. The molecule has 0 bridgehead atoms. The first-order valence-electron chi connectivity index (χ1n) is 8.62. The van der Waals surface area contributed by atoms with E-state index in [4.69, 9.17) is 30.5 Å². The molecule has 0 saturated heterocycles. The Morgan fingerprint density at radius 1 is 1.11 bits per heavy atom. The maximum Gasteiger partial charge on any atom is 0.225 e. The predicted octanol–water partition coefficient (Wildman–Crippen LogP) is 4.26. The lowest BCUT2D eigenvalue weighted by molar-refractivity contribution is -0.116. The van der Waals surface area contributed by atoms with E-state index < -0.39 is 0 Å². The number of hydrogen-bond acceptors (Lipinski definition) is 5. The Balaban J connectivity index is 1.70. The standard InChI is InChI=1S/C20H22ClNO5/c1-12(13-4-5-16-19(9-13)27-7-6-26-16)8-20(23)22-15-11-17(24-2)14(21)10-18(15)25-3/h4-5,9-12H,6-8H2,1-3H3,(H,22,23). The van der Waals surface area contributed by atoms with Gasteiger partial charge >= 0.3 is 0 Å². The third-order valence-electron chi connectivity index (χ3n) is 4.37. The number of halogens is 1. The lowest BCUT2D eigenvalue weighted by Crippen LogP contribution is -2.17. The molecule has 144 valence electrons. The van der Waals surface area contributed by atoms with E-state index in [2.05, 4.69) is 5.32 Å². The van der Waals surface area contributed by atoms with Crippen molar-refractivity contribution in [1.82, 2.24) is 0 Å². The molecule has 0 radical (unpaired) electrons. The van der Waals surface area contributed by atoms with Crippen molar-refractivity contribution in [2.45, 2.75) is 19.3 Å². The molecule has 27 heavy (non-hydrogen) atoms. The van der Waals surface area contributed by atoms with Crippen molar-refractivity contribution in [3.05, 3.63) is 40.9 Å². The van der Waals surface area contributed by atoms with Gasteiger partial charge in [-0.2, -0.15) is 0 Å². The highest BCUT2D eigenvalue weighted by Crippen LogP contribution is 2.37. The second kappa shape index (κ2) is 8.39. The van der Waals surface area contributed by atoms with Gasteiger partial charge in [0.1, 0.15) is 24.7 Å². The van der Waals surface area contributed by atoms with Crippen LogP contribution in [-0.2, 0) is 4.79 Å². The number of fused-ring (bicyclic) bond motifs is 1. The SMILES string of the molecule is COc1cc(NC(=O)CC(C)c2ccc3c(c2)OCCO3)c(OC)cc1Cl. The van der Waals surface area contributed by atoms with Crippen LogP contribution in [0, 0.1) is 0 Å². The summed E-state index contributed by atoms with van der Waals surface area (Å²) >= 11 is 6.10. The molecule has 0 saturated carbocycles. The topological polar surface area (TPSA) is 66.0 Å². The normalized spacial score (nSPS) is 13.6. The molecule has 1 heterocycles. The first-order chi connectivity index (χ1) is 13.0. The largest absolute Gasteiger partial charge is 0.495 e. The lowest BCUT2D eigenvalue weighted by Gasteiger charge is -2.20. The van der Waals surface area contributed by atoms with Gasteiger partial charge in [-0.15, -0.1) is 0 Å². The van der Waals surface area contributed by atoms with Crippen molar-refractivity contribution < 1.29 is 23.7 Å². The van der Waals surface area contributed by atoms with Crippen LogP contribution in [0.25, 0.3) is 0 Å². The maximum atomic E-state index is 12.5. The number of hydrogen-bond donors (Lipinski definition) is 1.